The number of nitrogens with one attached hydrogen (secondary N) is 1. The summed E-state index contributed by atoms with van der Waals surface area (Å²) in [4.78, 5) is 36.8. The van der Waals surface area contributed by atoms with Crippen molar-refractivity contribution in [2.45, 2.75) is 25.8 Å². The third-order valence-electron chi connectivity index (χ3n) is 3.42. The maximum Gasteiger partial charge on any atom is 0.328 e. The molecule has 112 valence electrons. The van der Waals surface area contributed by atoms with Crippen molar-refractivity contribution in [2.75, 3.05) is 19.0 Å². The van der Waals surface area contributed by atoms with E-state index in [1.807, 2.05) is 0 Å². The van der Waals surface area contributed by atoms with Gasteiger partial charge in [0, 0.05) is 24.7 Å². The molecule has 0 aromatic heterocycles. The van der Waals surface area contributed by atoms with E-state index >= 15 is 0 Å². The third-order valence-corrected chi connectivity index (χ3v) is 3.42. The summed E-state index contributed by atoms with van der Waals surface area (Å²) in [5.41, 5.74) is 0.999. The number of ether oxygens (including phenoxy) is 1. The first-order chi connectivity index (χ1) is 10.0. The Hall–Kier alpha value is -2.37. The number of anilines is 1. The van der Waals surface area contributed by atoms with Gasteiger partial charge in [0.2, 0.25) is 5.91 Å². The monoisotopic (exact) mass is 290 g/mol. The van der Waals surface area contributed by atoms with E-state index in [4.69, 9.17) is 4.74 Å². The van der Waals surface area contributed by atoms with Crippen LogP contribution in [0.4, 0.5) is 5.69 Å². The Balaban J connectivity index is 2.19. The van der Waals surface area contributed by atoms with E-state index in [-0.39, 0.29) is 17.8 Å². The summed E-state index contributed by atoms with van der Waals surface area (Å²) in [6, 6.07) is 6.16. The maximum atomic E-state index is 12.5. The number of amides is 2. The summed E-state index contributed by atoms with van der Waals surface area (Å²) < 4.78 is 4.74. The molecule has 0 saturated carbocycles. The van der Waals surface area contributed by atoms with Crippen molar-refractivity contribution >= 4 is 23.5 Å². The topological polar surface area (TPSA) is 75.7 Å². The molecule has 0 radical (unpaired) electrons. The molecule has 0 spiro atoms. The molecule has 1 aromatic carbocycles. The average Bonchev–Trinajstić information content (AvgIpc) is 2.94. The number of nitrogens with zero attached hydrogens (tertiary/aromatic N) is 1. The van der Waals surface area contributed by atoms with Crippen molar-refractivity contribution in [3.8, 4) is 0 Å². The second-order valence-electron chi connectivity index (χ2n) is 4.94. The fourth-order valence-electron chi connectivity index (χ4n) is 2.49. The predicted molar refractivity (Wildman–Crippen MR) is 76.8 cm³/mol. The van der Waals surface area contributed by atoms with Crippen LogP contribution < -0.4 is 5.32 Å². The minimum Gasteiger partial charge on any atom is -0.467 e. The molecule has 1 aromatic rings. The highest BCUT2D eigenvalue weighted by molar-refractivity contribution is 5.99. The summed E-state index contributed by atoms with van der Waals surface area (Å²) in [5.74, 6) is -0.817. The molecule has 0 aliphatic carbocycles. The standard InChI is InChI=1S/C15H18N2O4/c1-10(18)16-12-6-3-5-11(9-12)14(19)17-8-4-7-13(17)15(20)21-2/h3,5-6,9,13H,4,7-8H2,1-2H3,(H,16,18). The van der Waals surface area contributed by atoms with E-state index in [1.165, 1.54) is 18.9 Å². The van der Waals surface area contributed by atoms with Crippen molar-refractivity contribution in [1.82, 2.24) is 4.90 Å². The average molecular weight is 290 g/mol. The quantitative estimate of drug-likeness (QED) is 0.854. The highest BCUT2D eigenvalue weighted by Gasteiger charge is 2.35. The Labute approximate surface area is 123 Å². The Morgan fingerprint density at radius 1 is 1.33 bits per heavy atom. The number of methoxy groups -OCH3 is 1. The van der Waals surface area contributed by atoms with Crippen LogP contribution in [0.2, 0.25) is 0 Å². The Kier molecular flexibility index (Phi) is 4.57. The van der Waals surface area contributed by atoms with Gasteiger partial charge < -0.3 is 15.0 Å². The van der Waals surface area contributed by atoms with Gasteiger partial charge in [0.15, 0.2) is 0 Å². The van der Waals surface area contributed by atoms with E-state index in [0.29, 0.717) is 24.2 Å². The molecular weight excluding hydrogens is 272 g/mol. The smallest absolute Gasteiger partial charge is 0.328 e. The minimum absolute atomic E-state index is 0.201. The van der Waals surface area contributed by atoms with E-state index in [1.54, 1.807) is 24.3 Å². The molecule has 1 unspecified atom stereocenters. The van der Waals surface area contributed by atoms with Gasteiger partial charge in [0.1, 0.15) is 6.04 Å². The van der Waals surface area contributed by atoms with Crippen LogP contribution in [0.25, 0.3) is 0 Å². The van der Waals surface area contributed by atoms with Gasteiger partial charge in [-0.3, -0.25) is 9.59 Å². The lowest BCUT2D eigenvalue weighted by molar-refractivity contribution is -0.145. The molecule has 1 aliphatic rings. The fraction of sp³-hybridized carbons (Fsp3) is 0.400. The lowest BCUT2D eigenvalue weighted by atomic mass is 10.1. The summed E-state index contributed by atoms with van der Waals surface area (Å²) in [6.07, 6.45) is 1.39. The van der Waals surface area contributed by atoms with Gasteiger partial charge in [-0.15, -0.1) is 0 Å². The summed E-state index contributed by atoms with van der Waals surface area (Å²) in [6.45, 7) is 1.94. The molecule has 6 heteroatoms. The van der Waals surface area contributed by atoms with Crippen LogP contribution in [0.3, 0.4) is 0 Å². The molecular formula is C15H18N2O4. The van der Waals surface area contributed by atoms with Gasteiger partial charge in [-0.1, -0.05) is 6.07 Å². The predicted octanol–water partition coefficient (Wildman–Crippen LogP) is 1.42. The normalized spacial score (nSPS) is 17.4. The number of esters is 1. The van der Waals surface area contributed by atoms with Gasteiger partial charge in [-0.25, -0.2) is 4.79 Å². The lowest BCUT2D eigenvalue weighted by Crippen LogP contribution is -2.41. The van der Waals surface area contributed by atoms with Crippen molar-refractivity contribution in [2.24, 2.45) is 0 Å². The summed E-state index contributed by atoms with van der Waals surface area (Å²) in [5, 5.41) is 2.63. The van der Waals surface area contributed by atoms with Crippen LogP contribution in [0.5, 0.6) is 0 Å². The first kappa shape index (κ1) is 15.0. The van der Waals surface area contributed by atoms with Gasteiger partial charge in [-0.2, -0.15) is 0 Å². The number of carbonyl (C=O) groups excluding carboxylic acids is 3. The van der Waals surface area contributed by atoms with E-state index in [0.717, 1.165) is 6.42 Å². The highest BCUT2D eigenvalue weighted by Crippen LogP contribution is 2.22. The Morgan fingerprint density at radius 3 is 2.76 bits per heavy atom. The van der Waals surface area contributed by atoms with Gasteiger partial charge in [-0.05, 0) is 31.0 Å². The minimum atomic E-state index is -0.521. The molecule has 1 saturated heterocycles. The van der Waals surface area contributed by atoms with Gasteiger partial charge in [0.05, 0.1) is 7.11 Å². The highest BCUT2D eigenvalue weighted by atomic mass is 16.5. The number of hydrogen-bond donors (Lipinski definition) is 1. The molecule has 1 atom stereocenters. The summed E-state index contributed by atoms with van der Waals surface area (Å²) in [7, 11) is 1.32. The second kappa shape index (κ2) is 6.39. The zero-order valence-electron chi connectivity index (χ0n) is 12.1. The molecule has 1 fully saturated rings. The molecule has 2 rings (SSSR count). The van der Waals surface area contributed by atoms with Crippen LogP contribution in [0.15, 0.2) is 24.3 Å². The Morgan fingerprint density at radius 2 is 2.10 bits per heavy atom. The number of likely N-dealkylation sites (tertiary alicyclic amines) is 1. The first-order valence-corrected chi connectivity index (χ1v) is 6.79. The fourth-order valence-corrected chi connectivity index (χ4v) is 2.49. The van der Waals surface area contributed by atoms with Crippen molar-refractivity contribution in [1.29, 1.82) is 0 Å². The molecule has 2 amide bonds. The van der Waals surface area contributed by atoms with E-state index in [2.05, 4.69) is 5.32 Å². The molecule has 1 aliphatic heterocycles. The maximum absolute atomic E-state index is 12.5. The number of rotatable bonds is 3. The Bertz CT molecular complexity index is 571. The molecule has 0 bridgehead atoms. The second-order valence-corrected chi connectivity index (χ2v) is 4.94. The van der Waals surface area contributed by atoms with Crippen LogP contribution in [-0.2, 0) is 14.3 Å². The van der Waals surface area contributed by atoms with E-state index < -0.39 is 6.04 Å². The molecule has 6 nitrogen and oxygen atoms in total. The molecule has 21 heavy (non-hydrogen) atoms. The zero-order chi connectivity index (χ0) is 15.4. The number of benzene rings is 1. The van der Waals surface area contributed by atoms with Gasteiger partial charge in [0.25, 0.3) is 5.91 Å². The van der Waals surface area contributed by atoms with Crippen molar-refractivity contribution < 1.29 is 19.1 Å². The largest absolute Gasteiger partial charge is 0.467 e. The summed E-state index contributed by atoms with van der Waals surface area (Å²) >= 11 is 0. The van der Waals surface area contributed by atoms with Crippen LogP contribution in [0.1, 0.15) is 30.1 Å². The van der Waals surface area contributed by atoms with Crippen molar-refractivity contribution in [3.05, 3.63) is 29.8 Å². The number of hydrogen-bond acceptors (Lipinski definition) is 4. The SMILES string of the molecule is COC(=O)C1CCCN1C(=O)c1cccc(NC(C)=O)c1. The first-order valence-electron chi connectivity index (χ1n) is 6.79. The lowest BCUT2D eigenvalue weighted by Gasteiger charge is -2.22. The van der Waals surface area contributed by atoms with Crippen molar-refractivity contribution in [3.63, 3.8) is 0 Å². The molecule has 1 N–H and O–H groups in total. The third kappa shape index (κ3) is 3.39. The molecule has 1 heterocycles. The number of carbonyl (C=O) groups is 3. The van der Waals surface area contributed by atoms with Crippen LogP contribution in [0, 0.1) is 0 Å². The van der Waals surface area contributed by atoms with Crippen LogP contribution >= 0.6 is 0 Å². The zero-order valence-corrected chi connectivity index (χ0v) is 12.1. The van der Waals surface area contributed by atoms with Crippen LogP contribution in [-0.4, -0.2) is 42.4 Å². The van der Waals surface area contributed by atoms with E-state index in [9.17, 15) is 14.4 Å². The van der Waals surface area contributed by atoms with Gasteiger partial charge >= 0.3 is 5.97 Å².